The van der Waals surface area contributed by atoms with E-state index in [2.05, 4.69) is 4.98 Å². The van der Waals surface area contributed by atoms with Gasteiger partial charge in [-0.05, 0) is 54.5 Å². The molecule has 0 radical (unpaired) electrons. The molecule has 1 fully saturated rings. The Labute approximate surface area is 174 Å². The van der Waals surface area contributed by atoms with Crippen LogP contribution in [-0.2, 0) is 27.1 Å². The van der Waals surface area contributed by atoms with Crippen LogP contribution in [-0.4, -0.2) is 35.4 Å². The Morgan fingerprint density at radius 1 is 1.37 bits per heavy atom. The molecule has 1 aromatic carbocycles. The van der Waals surface area contributed by atoms with E-state index in [1.54, 1.807) is 12.4 Å². The first-order valence-corrected chi connectivity index (χ1v) is 9.90. The van der Waals surface area contributed by atoms with E-state index in [1.807, 2.05) is 19.1 Å². The molecule has 2 heterocycles. The number of carbonyl (C=O) groups excluding carboxylic acids is 1. The van der Waals surface area contributed by atoms with Crippen LogP contribution in [0.4, 0.5) is 4.39 Å². The van der Waals surface area contributed by atoms with Gasteiger partial charge in [0.25, 0.3) is 0 Å². The van der Waals surface area contributed by atoms with Gasteiger partial charge in [0.1, 0.15) is 17.2 Å². The van der Waals surface area contributed by atoms with Gasteiger partial charge < -0.3 is 19.3 Å². The van der Waals surface area contributed by atoms with E-state index in [1.165, 1.54) is 25.3 Å². The van der Waals surface area contributed by atoms with Gasteiger partial charge in [-0.25, -0.2) is 4.39 Å². The lowest BCUT2D eigenvalue weighted by Crippen LogP contribution is -2.45. The molecule has 4 rings (SSSR count). The summed E-state index contributed by atoms with van der Waals surface area (Å²) >= 11 is 0. The lowest BCUT2D eigenvalue weighted by atomic mass is 9.71. The maximum Gasteiger partial charge on any atom is 0.189 e. The highest BCUT2D eigenvalue weighted by atomic mass is 19.1. The minimum atomic E-state index is -0.812. The molecule has 3 atom stereocenters. The molecule has 1 aromatic heterocycles. The Hall–Kier alpha value is -2.93. The van der Waals surface area contributed by atoms with Crippen LogP contribution < -0.4 is 4.74 Å². The molecule has 1 N–H and O–H groups in total. The van der Waals surface area contributed by atoms with Gasteiger partial charge in [0.2, 0.25) is 0 Å². The van der Waals surface area contributed by atoms with E-state index in [-0.39, 0.29) is 35.9 Å². The minimum absolute atomic E-state index is 0.00316. The van der Waals surface area contributed by atoms with E-state index < -0.39 is 11.4 Å². The number of aromatic hydroxyl groups is 1. The summed E-state index contributed by atoms with van der Waals surface area (Å²) in [6, 6.07) is 6.34. The van der Waals surface area contributed by atoms with Crippen LogP contribution in [0.15, 0.2) is 48.5 Å². The van der Waals surface area contributed by atoms with E-state index >= 15 is 0 Å². The average Bonchev–Trinajstić information content (AvgIpc) is 3.15. The van der Waals surface area contributed by atoms with E-state index in [0.717, 1.165) is 5.56 Å². The van der Waals surface area contributed by atoms with Gasteiger partial charge in [-0.3, -0.25) is 9.78 Å². The number of hydrogen-bond acceptors (Lipinski definition) is 6. The minimum Gasteiger partial charge on any atom is -0.504 e. The van der Waals surface area contributed by atoms with E-state index in [4.69, 9.17) is 14.2 Å². The number of carbonyl (C=O) groups is 1. The average molecular weight is 413 g/mol. The first kappa shape index (κ1) is 20.3. The van der Waals surface area contributed by atoms with Crippen molar-refractivity contribution in [1.82, 2.24) is 4.98 Å². The Bertz CT molecular complexity index is 977. The Morgan fingerprint density at radius 3 is 2.87 bits per heavy atom. The fourth-order valence-corrected chi connectivity index (χ4v) is 4.39. The van der Waals surface area contributed by atoms with Crippen LogP contribution in [0.25, 0.3) is 0 Å². The van der Waals surface area contributed by atoms with Gasteiger partial charge in [-0.1, -0.05) is 6.92 Å². The van der Waals surface area contributed by atoms with Crippen LogP contribution in [0.1, 0.15) is 24.5 Å². The first-order chi connectivity index (χ1) is 14.4. The summed E-state index contributed by atoms with van der Waals surface area (Å²) < 4.78 is 31.2. The standard InChI is InChI=1S/C23H24FNO5/c1-14(7-16-9-20(27)21(28-2)10-18(16)24)23-12-17(8-15-3-5-25-6-4-15)19(26)11-22(23)29-13-30-23/h3-6,9-11,14,17,27H,7-8,12-13H2,1-2H3/t14?,17-,23+/m0/s1. The third-order valence-corrected chi connectivity index (χ3v) is 6.07. The maximum absolute atomic E-state index is 14.6. The highest BCUT2D eigenvalue weighted by molar-refractivity contribution is 5.94. The zero-order valence-corrected chi connectivity index (χ0v) is 16.9. The summed E-state index contributed by atoms with van der Waals surface area (Å²) in [7, 11) is 1.37. The lowest BCUT2D eigenvalue weighted by Gasteiger charge is -2.38. The Morgan fingerprint density at radius 2 is 2.13 bits per heavy atom. The van der Waals surface area contributed by atoms with Crippen LogP contribution in [0.2, 0.25) is 0 Å². The largest absolute Gasteiger partial charge is 0.504 e. The molecule has 2 aromatic rings. The van der Waals surface area contributed by atoms with Crippen molar-refractivity contribution in [2.45, 2.75) is 31.8 Å². The van der Waals surface area contributed by atoms with Gasteiger partial charge >= 0.3 is 0 Å². The van der Waals surface area contributed by atoms with Crippen molar-refractivity contribution in [3.63, 3.8) is 0 Å². The molecule has 0 spiro atoms. The second-order valence-corrected chi connectivity index (χ2v) is 7.89. The number of ketones is 1. The van der Waals surface area contributed by atoms with E-state index in [0.29, 0.717) is 30.6 Å². The van der Waals surface area contributed by atoms with Gasteiger partial charge in [-0.2, -0.15) is 0 Å². The van der Waals surface area contributed by atoms with Crippen LogP contribution in [0.3, 0.4) is 0 Å². The number of methoxy groups -OCH3 is 1. The van der Waals surface area contributed by atoms with Crippen molar-refractivity contribution in [3.05, 3.63) is 65.4 Å². The number of ether oxygens (including phenoxy) is 3. The second kappa shape index (κ2) is 8.07. The molecule has 158 valence electrons. The number of aromatic nitrogens is 1. The molecule has 1 saturated heterocycles. The SMILES string of the molecule is COc1cc(F)c(CC(C)[C@]23C[C@H](Cc4ccncc4)C(=O)C=C2OCO3)cc1O. The lowest BCUT2D eigenvalue weighted by molar-refractivity contribution is -0.123. The van der Waals surface area contributed by atoms with Crippen LogP contribution >= 0.6 is 0 Å². The molecular formula is C23H24FNO5. The zero-order chi connectivity index (χ0) is 21.3. The van der Waals surface area contributed by atoms with Crippen molar-refractivity contribution in [3.8, 4) is 11.5 Å². The summed E-state index contributed by atoms with van der Waals surface area (Å²) in [4.78, 5) is 16.7. The number of nitrogens with zero attached hydrogens (tertiary/aromatic N) is 1. The topological polar surface area (TPSA) is 77.9 Å². The second-order valence-electron chi connectivity index (χ2n) is 7.89. The molecule has 1 aliphatic carbocycles. The number of pyridine rings is 1. The van der Waals surface area contributed by atoms with Crippen LogP contribution in [0, 0.1) is 17.7 Å². The number of hydrogen-bond donors (Lipinski definition) is 1. The monoisotopic (exact) mass is 413 g/mol. The van der Waals surface area contributed by atoms with Crippen molar-refractivity contribution in [2.24, 2.45) is 11.8 Å². The quantitative estimate of drug-likeness (QED) is 0.780. The fourth-order valence-electron chi connectivity index (χ4n) is 4.39. The number of phenols is 1. The number of benzene rings is 1. The summed E-state index contributed by atoms with van der Waals surface area (Å²) in [6.45, 7) is 2.00. The molecular weight excluding hydrogens is 389 g/mol. The molecule has 6 nitrogen and oxygen atoms in total. The molecule has 7 heteroatoms. The van der Waals surface area contributed by atoms with Crippen molar-refractivity contribution in [2.75, 3.05) is 13.9 Å². The van der Waals surface area contributed by atoms with E-state index in [9.17, 15) is 14.3 Å². The Balaban J connectivity index is 1.60. The normalized spacial score (nSPS) is 24.0. The smallest absolute Gasteiger partial charge is 0.189 e. The fraction of sp³-hybridized carbons (Fsp3) is 0.391. The summed E-state index contributed by atoms with van der Waals surface area (Å²) in [5.41, 5.74) is 0.564. The first-order valence-electron chi connectivity index (χ1n) is 9.90. The van der Waals surface area contributed by atoms with Gasteiger partial charge in [0.05, 0.1) is 7.11 Å². The summed E-state index contributed by atoms with van der Waals surface area (Å²) in [5.74, 6) is -0.447. The van der Waals surface area contributed by atoms with Crippen molar-refractivity contribution in [1.29, 1.82) is 0 Å². The van der Waals surface area contributed by atoms with Crippen molar-refractivity contribution < 1.29 is 28.5 Å². The number of allylic oxidation sites excluding steroid dienone is 1. The number of phenolic OH excluding ortho intramolecular Hbond substituents is 1. The molecule has 30 heavy (non-hydrogen) atoms. The number of fused-ring (bicyclic) bond motifs is 1. The maximum atomic E-state index is 14.6. The van der Waals surface area contributed by atoms with Gasteiger partial charge in [0.15, 0.2) is 24.1 Å². The van der Waals surface area contributed by atoms with Crippen LogP contribution in [0.5, 0.6) is 11.5 Å². The molecule has 2 aliphatic rings. The predicted octanol–water partition coefficient (Wildman–Crippen LogP) is 3.57. The third-order valence-electron chi connectivity index (χ3n) is 6.07. The van der Waals surface area contributed by atoms with Gasteiger partial charge in [0, 0.05) is 30.5 Å². The summed E-state index contributed by atoms with van der Waals surface area (Å²) in [5, 5.41) is 10.1. The number of rotatable bonds is 6. The van der Waals surface area contributed by atoms with Gasteiger partial charge in [-0.15, -0.1) is 0 Å². The highest BCUT2D eigenvalue weighted by Crippen LogP contribution is 2.46. The molecule has 1 aliphatic heterocycles. The molecule has 0 saturated carbocycles. The zero-order valence-electron chi connectivity index (χ0n) is 16.9. The highest BCUT2D eigenvalue weighted by Gasteiger charge is 2.52. The predicted molar refractivity (Wildman–Crippen MR) is 106 cm³/mol. The molecule has 1 unspecified atom stereocenters. The summed E-state index contributed by atoms with van der Waals surface area (Å²) in [6.07, 6.45) is 6.26. The molecule has 0 bridgehead atoms. The third kappa shape index (κ3) is 3.65. The Kier molecular flexibility index (Phi) is 5.47. The van der Waals surface area contributed by atoms with Crippen molar-refractivity contribution >= 4 is 5.78 Å². The molecule has 0 amide bonds. The number of halogens is 1.